The van der Waals surface area contributed by atoms with Crippen molar-refractivity contribution in [2.75, 3.05) is 13.1 Å². The van der Waals surface area contributed by atoms with Gasteiger partial charge in [-0.2, -0.15) is 13.2 Å². The lowest BCUT2D eigenvalue weighted by Crippen LogP contribution is -2.53. The standard InChI is InChI=1S/C19H22F3N3O2/c1-12(26)24-17(9-13-10-23-16-7-3-2-6-15(13)16)18(27)25-8-4-5-14(11-25)19(20,21)22/h2-3,6-7,10,14,17,23H,4-5,8-9,11H2,1H3,(H,24,26)/t14-,17+/m0/s1. The summed E-state index contributed by atoms with van der Waals surface area (Å²) in [6.45, 7) is 1.21. The maximum Gasteiger partial charge on any atom is 0.393 e. The fraction of sp³-hybridized carbons (Fsp3) is 0.474. The molecule has 0 unspecified atom stereocenters. The van der Waals surface area contributed by atoms with E-state index >= 15 is 0 Å². The van der Waals surface area contributed by atoms with Crippen molar-refractivity contribution < 1.29 is 22.8 Å². The molecule has 2 heterocycles. The molecule has 0 radical (unpaired) electrons. The number of halogens is 3. The fourth-order valence-electron chi connectivity index (χ4n) is 3.63. The average molecular weight is 381 g/mol. The second-order valence-electron chi connectivity index (χ2n) is 6.98. The van der Waals surface area contributed by atoms with Gasteiger partial charge in [-0.1, -0.05) is 18.2 Å². The van der Waals surface area contributed by atoms with E-state index in [1.807, 2.05) is 24.3 Å². The monoisotopic (exact) mass is 381 g/mol. The molecule has 2 N–H and O–H groups in total. The van der Waals surface area contributed by atoms with Gasteiger partial charge < -0.3 is 15.2 Å². The number of amides is 2. The third-order valence-electron chi connectivity index (χ3n) is 4.97. The summed E-state index contributed by atoms with van der Waals surface area (Å²) in [5.74, 6) is -2.37. The number of fused-ring (bicyclic) bond motifs is 1. The van der Waals surface area contributed by atoms with Crippen LogP contribution in [0.3, 0.4) is 0 Å². The Balaban J connectivity index is 1.79. The minimum atomic E-state index is -4.32. The Bertz CT molecular complexity index is 831. The van der Waals surface area contributed by atoms with Gasteiger partial charge >= 0.3 is 6.18 Å². The third-order valence-corrected chi connectivity index (χ3v) is 4.97. The van der Waals surface area contributed by atoms with Gasteiger partial charge in [0.2, 0.25) is 11.8 Å². The highest BCUT2D eigenvalue weighted by Crippen LogP contribution is 2.33. The molecular weight excluding hydrogens is 359 g/mol. The summed E-state index contributed by atoms with van der Waals surface area (Å²) in [6, 6.07) is 6.65. The number of aromatic amines is 1. The Morgan fingerprint density at radius 3 is 2.78 bits per heavy atom. The van der Waals surface area contributed by atoms with Gasteiger partial charge in [0.15, 0.2) is 0 Å². The van der Waals surface area contributed by atoms with E-state index in [2.05, 4.69) is 10.3 Å². The molecule has 0 saturated carbocycles. The largest absolute Gasteiger partial charge is 0.393 e. The van der Waals surface area contributed by atoms with Gasteiger partial charge in [-0.3, -0.25) is 9.59 Å². The summed E-state index contributed by atoms with van der Waals surface area (Å²) in [5, 5.41) is 3.53. The molecule has 0 bridgehead atoms. The van der Waals surface area contributed by atoms with Gasteiger partial charge in [-0.25, -0.2) is 0 Å². The minimum Gasteiger partial charge on any atom is -0.361 e. The van der Waals surface area contributed by atoms with Gasteiger partial charge in [0.05, 0.1) is 5.92 Å². The van der Waals surface area contributed by atoms with Crippen molar-refractivity contribution in [1.82, 2.24) is 15.2 Å². The minimum absolute atomic E-state index is 0.0283. The smallest absolute Gasteiger partial charge is 0.361 e. The first-order valence-electron chi connectivity index (χ1n) is 8.93. The van der Waals surface area contributed by atoms with E-state index in [0.717, 1.165) is 16.5 Å². The molecule has 0 spiro atoms. The van der Waals surface area contributed by atoms with E-state index in [-0.39, 0.29) is 25.9 Å². The summed E-state index contributed by atoms with van der Waals surface area (Å²) in [6.07, 6.45) is -2.01. The highest BCUT2D eigenvalue weighted by Gasteiger charge is 2.43. The average Bonchev–Trinajstić information content (AvgIpc) is 3.03. The predicted molar refractivity (Wildman–Crippen MR) is 95.0 cm³/mol. The number of hydrogen-bond acceptors (Lipinski definition) is 2. The molecule has 2 amide bonds. The van der Waals surface area contributed by atoms with Crippen molar-refractivity contribution in [2.24, 2.45) is 5.92 Å². The Morgan fingerprint density at radius 1 is 1.33 bits per heavy atom. The number of nitrogens with zero attached hydrogens (tertiary/aromatic N) is 1. The predicted octanol–water partition coefficient (Wildman–Crippen LogP) is 3.02. The highest BCUT2D eigenvalue weighted by molar-refractivity contribution is 5.89. The summed E-state index contributed by atoms with van der Waals surface area (Å²) in [4.78, 5) is 28.8. The first-order chi connectivity index (χ1) is 12.8. The van der Waals surface area contributed by atoms with Crippen LogP contribution in [0.15, 0.2) is 30.5 Å². The molecule has 5 nitrogen and oxygen atoms in total. The number of aromatic nitrogens is 1. The van der Waals surface area contributed by atoms with Gasteiger partial charge in [0, 0.05) is 43.5 Å². The summed E-state index contributed by atoms with van der Waals surface area (Å²) in [5.41, 5.74) is 1.73. The molecular formula is C19H22F3N3O2. The van der Waals surface area contributed by atoms with Crippen molar-refractivity contribution in [3.05, 3.63) is 36.0 Å². The van der Waals surface area contributed by atoms with Crippen LogP contribution >= 0.6 is 0 Å². The topological polar surface area (TPSA) is 65.2 Å². The maximum atomic E-state index is 13.1. The Morgan fingerprint density at radius 2 is 2.07 bits per heavy atom. The molecule has 3 rings (SSSR count). The van der Waals surface area contributed by atoms with Crippen molar-refractivity contribution in [3.63, 3.8) is 0 Å². The first-order valence-corrected chi connectivity index (χ1v) is 8.93. The molecule has 1 aliphatic rings. The molecule has 2 aromatic rings. The zero-order valence-corrected chi connectivity index (χ0v) is 15.0. The van der Waals surface area contributed by atoms with Gasteiger partial charge in [-0.05, 0) is 24.5 Å². The van der Waals surface area contributed by atoms with Crippen LogP contribution in [0.4, 0.5) is 13.2 Å². The Hall–Kier alpha value is -2.51. The second-order valence-corrected chi connectivity index (χ2v) is 6.98. The number of carbonyl (C=O) groups is 2. The van der Waals surface area contributed by atoms with Gasteiger partial charge in [-0.15, -0.1) is 0 Å². The van der Waals surface area contributed by atoms with Gasteiger partial charge in [0.25, 0.3) is 0 Å². The van der Waals surface area contributed by atoms with Crippen LogP contribution in [0, 0.1) is 5.92 Å². The van der Waals surface area contributed by atoms with Crippen molar-refractivity contribution in [1.29, 1.82) is 0 Å². The molecule has 0 aliphatic carbocycles. The van der Waals surface area contributed by atoms with E-state index in [4.69, 9.17) is 0 Å². The number of rotatable bonds is 4. The van der Waals surface area contributed by atoms with Gasteiger partial charge in [0.1, 0.15) is 6.04 Å². The normalized spacial score (nSPS) is 19.1. The molecule has 1 aromatic heterocycles. The zero-order chi connectivity index (χ0) is 19.6. The van der Waals surface area contributed by atoms with E-state index < -0.39 is 30.0 Å². The van der Waals surface area contributed by atoms with Crippen molar-refractivity contribution >= 4 is 22.7 Å². The number of nitrogens with one attached hydrogen (secondary N) is 2. The van der Waals surface area contributed by atoms with Crippen LogP contribution in [0.25, 0.3) is 10.9 Å². The Labute approximate surface area is 154 Å². The molecule has 1 fully saturated rings. The number of carbonyl (C=O) groups excluding carboxylic acids is 2. The molecule has 146 valence electrons. The number of H-pyrrole nitrogens is 1. The number of alkyl halides is 3. The highest BCUT2D eigenvalue weighted by atomic mass is 19.4. The summed E-state index contributed by atoms with van der Waals surface area (Å²) < 4.78 is 39.2. The summed E-state index contributed by atoms with van der Waals surface area (Å²) >= 11 is 0. The number of para-hydroxylation sites is 1. The van der Waals surface area contributed by atoms with Crippen LogP contribution in [0.1, 0.15) is 25.3 Å². The molecule has 1 aliphatic heterocycles. The SMILES string of the molecule is CC(=O)N[C@H](Cc1c[nH]c2ccccc12)C(=O)N1CCC[C@H](C(F)(F)F)C1. The number of benzene rings is 1. The first kappa shape index (κ1) is 19.3. The maximum absolute atomic E-state index is 13.1. The fourth-order valence-corrected chi connectivity index (χ4v) is 3.63. The summed E-state index contributed by atoms with van der Waals surface area (Å²) in [7, 11) is 0. The van der Waals surface area contributed by atoms with Crippen molar-refractivity contribution in [2.45, 2.75) is 38.4 Å². The lowest BCUT2D eigenvalue weighted by atomic mass is 9.96. The van der Waals surface area contributed by atoms with E-state index in [0.29, 0.717) is 6.42 Å². The lowest BCUT2D eigenvalue weighted by molar-refractivity contribution is -0.188. The second kappa shape index (κ2) is 7.62. The number of hydrogen-bond donors (Lipinski definition) is 2. The molecule has 1 aromatic carbocycles. The van der Waals surface area contributed by atoms with Crippen molar-refractivity contribution in [3.8, 4) is 0 Å². The molecule has 27 heavy (non-hydrogen) atoms. The Kier molecular flexibility index (Phi) is 5.43. The van der Waals surface area contributed by atoms with Crippen LogP contribution in [0.5, 0.6) is 0 Å². The number of piperidine rings is 1. The third kappa shape index (κ3) is 4.43. The van der Waals surface area contributed by atoms with Crippen LogP contribution in [-0.2, 0) is 16.0 Å². The van der Waals surface area contributed by atoms with E-state index in [1.165, 1.54) is 11.8 Å². The molecule has 1 saturated heterocycles. The lowest BCUT2D eigenvalue weighted by Gasteiger charge is -2.35. The van der Waals surface area contributed by atoms with E-state index in [9.17, 15) is 22.8 Å². The quantitative estimate of drug-likeness (QED) is 0.855. The zero-order valence-electron chi connectivity index (χ0n) is 15.0. The van der Waals surface area contributed by atoms with Crippen LogP contribution < -0.4 is 5.32 Å². The molecule has 8 heteroatoms. The van der Waals surface area contributed by atoms with Crippen LogP contribution in [-0.4, -0.2) is 47.0 Å². The molecule has 2 atom stereocenters. The van der Waals surface area contributed by atoms with E-state index in [1.54, 1.807) is 6.20 Å². The number of likely N-dealkylation sites (tertiary alicyclic amines) is 1. The van der Waals surface area contributed by atoms with Crippen LogP contribution in [0.2, 0.25) is 0 Å².